The van der Waals surface area contributed by atoms with Crippen molar-refractivity contribution in [1.29, 1.82) is 0 Å². The van der Waals surface area contributed by atoms with Gasteiger partial charge >= 0.3 is 0 Å². The number of halogens is 1. The Balaban J connectivity index is 0.00000392. The molecule has 0 saturated carbocycles. The molecule has 1 N–H and O–H groups in total. The van der Waals surface area contributed by atoms with E-state index in [0.717, 1.165) is 32.1 Å². The fourth-order valence-corrected chi connectivity index (χ4v) is 2.92. The van der Waals surface area contributed by atoms with Crippen molar-refractivity contribution in [2.45, 2.75) is 13.8 Å². The molecule has 2 rings (SSSR count). The van der Waals surface area contributed by atoms with Gasteiger partial charge in [-0.2, -0.15) is 0 Å². The number of likely N-dealkylation sites (N-methyl/N-ethyl adjacent to an activating group) is 1. The van der Waals surface area contributed by atoms with Crippen LogP contribution in [0.3, 0.4) is 0 Å². The number of anilines is 1. The third-order valence-electron chi connectivity index (χ3n) is 4.89. The Morgan fingerprint density at radius 1 is 1.18 bits per heavy atom. The number of nitrogens with zero attached hydrogens (tertiary/aromatic N) is 4. The molecule has 0 aromatic heterocycles. The number of guanidine groups is 1. The van der Waals surface area contributed by atoms with Crippen LogP contribution in [0.1, 0.15) is 11.1 Å². The summed E-state index contributed by atoms with van der Waals surface area (Å²) in [7, 11) is 5.17. The van der Waals surface area contributed by atoms with Crippen molar-refractivity contribution in [2.75, 3.05) is 72.0 Å². The van der Waals surface area contributed by atoms with Crippen LogP contribution >= 0.6 is 24.0 Å². The predicted molar refractivity (Wildman–Crippen MR) is 126 cm³/mol. The summed E-state index contributed by atoms with van der Waals surface area (Å²) in [5.74, 6) is 0.775. The van der Waals surface area contributed by atoms with Crippen LogP contribution in [-0.2, 0) is 9.53 Å². The fourth-order valence-electron chi connectivity index (χ4n) is 2.92. The minimum Gasteiger partial charge on any atom is -0.383 e. The van der Waals surface area contributed by atoms with E-state index < -0.39 is 0 Å². The van der Waals surface area contributed by atoms with Gasteiger partial charge in [0.25, 0.3) is 0 Å². The number of hydrogen-bond donors (Lipinski definition) is 1. The van der Waals surface area contributed by atoms with E-state index in [1.54, 1.807) is 26.1 Å². The lowest BCUT2D eigenvalue weighted by molar-refractivity contribution is -0.127. The molecule has 0 unspecified atom stereocenters. The molecule has 1 fully saturated rings. The van der Waals surface area contributed by atoms with Crippen molar-refractivity contribution < 1.29 is 9.53 Å². The van der Waals surface area contributed by atoms with Crippen molar-refractivity contribution in [2.24, 2.45) is 4.99 Å². The number of amides is 1. The standard InChI is InChI=1S/C20H33N5O2.HI/c1-16-6-7-18(14-17(16)2)24-9-11-25(12-10-24)20(21-8-13-27-5)22-15-19(26)23(3)4;/h6-7,14H,8-13,15H2,1-5H3,(H,21,22);1H. The largest absolute Gasteiger partial charge is 0.383 e. The van der Waals surface area contributed by atoms with Gasteiger partial charge in [-0.15, -0.1) is 24.0 Å². The number of carbonyl (C=O) groups is 1. The van der Waals surface area contributed by atoms with E-state index in [1.807, 2.05) is 0 Å². The summed E-state index contributed by atoms with van der Waals surface area (Å²) >= 11 is 0. The first-order valence-electron chi connectivity index (χ1n) is 9.47. The molecule has 158 valence electrons. The molecule has 0 bridgehead atoms. The second-order valence-electron chi connectivity index (χ2n) is 7.09. The molecule has 28 heavy (non-hydrogen) atoms. The number of hydrogen-bond acceptors (Lipinski definition) is 4. The number of aliphatic imine (C=N–C) groups is 1. The van der Waals surface area contributed by atoms with E-state index in [-0.39, 0.29) is 36.4 Å². The Morgan fingerprint density at radius 2 is 1.86 bits per heavy atom. The number of aryl methyl sites for hydroxylation is 2. The molecule has 1 aliphatic heterocycles. The molecule has 1 saturated heterocycles. The summed E-state index contributed by atoms with van der Waals surface area (Å²) in [6.45, 7) is 9.29. The van der Waals surface area contributed by atoms with E-state index in [1.165, 1.54) is 16.8 Å². The highest BCUT2D eigenvalue weighted by atomic mass is 127. The Bertz CT molecular complexity index is 658. The number of rotatable bonds is 6. The van der Waals surface area contributed by atoms with Gasteiger partial charge in [-0.05, 0) is 37.1 Å². The summed E-state index contributed by atoms with van der Waals surface area (Å²) in [6, 6.07) is 6.63. The van der Waals surface area contributed by atoms with Crippen LogP contribution in [0.5, 0.6) is 0 Å². The molecular weight excluding hydrogens is 469 g/mol. The molecular formula is C20H34IN5O2. The van der Waals surface area contributed by atoms with Crippen molar-refractivity contribution in [3.63, 3.8) is 0 Å². The molecule has 7 nitrogen and oxygen atoms in total. The van der Waals surface area contributed by atoms with E-state index in [4.69, 9.17) is 4.74 Å². The molecule has 1 amide bonds. The second kappa shape index (κ2) is 12.1. The SMILES string of the molecule is COCCNC(=NCC(=O)N(C)C)N1CCN(c2ccc(C)c(C)c2)CC1.I. The van der Waals surface area contributed by atoms with Crippen LogP contribution in [0, 0.1) is 13.8 Å². The van der Waals surface area contributed by atoms with Crippen molar-refractivity contribution >= 4 is 41.5 Å². The Hall–Kier alpha value is -1.55. The van der Waals surface area contributed by atoms with Gasteiger partial charge in [0.05, 0.1) is 6.61 Å². The topological polar surface area (TPSA) is 60.4 Å². The van der Waals surface area contributed by atoms with Crippen LogP contribution in [0.4, 0.5) is 5.69 Å². The summed E-state index contributed by atoms with van der Waals surface area (Å²) in [4.78, 5) is 22.6. The van der Waals surface area contributed by atoms with Crippen molar-refractivity contribution in [3.8, 4) is 0 Å². The van der Waals surface area contributed by atoms with Gasteiger partial charge in [0.1, 0.15) is 6.54 Å². The first-order chi connectivity index (χ1) is 12.9. The van der Waals surface area contributed by atoms with Gasteiger partial charge in [0.2, 0.25) is 5.91 Å². The van der Waals surface area contributed by atoms with Gasteiger partial charge in [0.15, 0.2) is 5.96 Å². The minimum absolute atomic E-state index is 0. The number of nitrogens with one attached hydrogen (secondary N) is 1. The number of benzene rings is 1. The highest BCUT2D eigenvalue weighted by Gasteiger charge is 2.20. The van der Waals surface area contributed by atoms with Crippen molar-refractivity contribution in [1.82, 2.24) is 15.1 Å². The second-order valence-corrected chi connectivity index (χ2v) is 7.09. The monoisotopic (exact) mass is 503 g/mol. The molecule has 0 radical (unpaired) electrons. The van der Waals surface area contributed by atoms with E-state index in [2.05, 4.69) is 52.2 Å². The lowest BCUT2D eigenvalue weighted by Gasteiger charge is -2.38. The zero-order valence-corrected chi connectivity index (χ0v) is 20.0. The van der Waals surface area contributed by atoms with Crippen LogP contribution in [0.2, 0.25) is 0 Å². The lowest BCUT2D eigenvalue weighted by Crippen LogP contribution is -2.53. The molecule has 1 aliphatic rings. The average Bonchev–Trinajstić information content (AvgIpc) is 2.66. The molecule has 1 aromatic rings. The van der Waals surface area contributed by atoms with Gasteiger partial charge < -0.3 is 24.8 Å². The molecule has 0 aliphatic carbocycles. The predicted octanol–water partition coefficient (Wildman–Crippen LogP) is 1.72. The number of carbonyl (C=O) groups excluding carboxylic acids is 1. The van der Waals surface area contributed by atoms with E-state index in [0.29, 0.717) is 13.2 Å². The van der Waals surface area contributed by atoms with Gasteiger partial charge in [-0.25, -0.2) is 4.99 Å². The summed E-state index contributed by atoms with van der Waals surface area (Å²) in [6.07, 6.45) is 0. The average molecular weight is 503 g/mol. The number of methoxy groups -OCH3 is 1. The summed E-state index contributed by atoms with van der Waals surface area (Å²) in [5, 5.41) is 3.32. The van der Waals surface area contributed by atoms with Crippen LogP contribution in [0.25, 0.3) is 0 Å². The number of piperazine rings is 1. The third kappa shape index (κ3) is 7.12. The molecule has 0 spiro atoms. The van der Waals surface area contributed by atoms with E-state index >= 15 is 0 Å². The summed E-state index contributed by atoms with van der Waals surface area (Å²) in [5.41, 5.74) is 3.91. The normalized spacial score (nSPS) is 14.5. The van der Waals surface area contributed by atoms with E-state index in [9.17, 15) is 4.79 Å². The minimum atomic E-state index is -0.00481. The highest BCUT2D eigenvalue weighted by Crippen LogP contribution is 2.20. The lowest BCUT2D eigenvalue weighted by atomic mass is 10.1. The van der Waals surface area contributed by atoms with Gasteiger partial charge in [-0.1, -0.05) is 6.07 Å². The Morgan fingerprint density at radius 3 is 2.43 bits per heavy atom. The maximum Gasteiger partial charge on any atom is 0.243 e. The van der Waals surface area contributed by atoms with Crippen LogP contribution < -0.4 is 10.2 Å². The molecule has 1 aromatic carbocycles. The molecule has 0 atom stereocenters. The van der Waals surface area contributed by atoms with Crippen molar-refractivity contribution in [3.05, 3.63) is 29.3 Å². The third-order valence-corrected chi connectivity index (χ3v) is 4.89. The van der Waals surface area contributed by atoms with Crippen LogP contribution in [0.15, 0.2) is 23.2 Å². The quantitative estimate of drug-likeness (QED) is 0.278. The summed E-state index contributed by atoms with van der Waals surface area (Å²) < 4.78 is 5.12. The maximum atomic E-state index is 11.9. The Kier molecular flexibility index (Phi) is 10.6. The van der Waals surface area contributed by atoms with Gasteiger partial charge in [0, 0.05) is 59.6 Å². The fraction of sp³-hybridized carbons (Fsp3) is 0.600. The Labute approximate surface area is 186 Å². The first kappa shape index (κ1) is 24.5. The highest BCUT2D eigenvalue weighted by molar-refractivity contribution is 14.0. The van der Waals surface area contributed by atoms with Crippen LogP contribution in [-0.4, -0.2) is 88.7 Å². The maximum absolute atomic E-state index is 11.9. The zero-order chi connectivity index (χ0) is 19.8. The first-order valence-corrected chi connectivity index (χ1v) is 9.47. The van der Waals surface area contributed by atoms with Gasteiger partial charge in [-0.3, -0.25) is 4.79 Å². The molecule has 1 heterocycles. The molecule has 8 heteroatoms. The number of ether oxygens (including phenoxy) is 1. The smallest absolute Gasteiger partial charge is 0.243 e. The zero-order valence-electron chi connectivity index (χ0n) is 17.7.